The number of carbonyl (C=O) groups is 2. The first-order valence-electron chi connectivity index (χ1n) is 9.26. The van der Waals surface area contributed by atoms with Crippen molar-refractivity contribution in [3.05, 3.63) is 46.6 Å². The molecule has 3 aromatic heterocycles. The Labute approximate surface area is 166 Å². The highest BCUT2D eigenvalue weighted by Gasteiger charge is 2.32. The summed E-state index contributed by atoms with van der Waals surface area (Å²) in [6, 6.07) is 3.30. The lowest BCUT2D eigenvalue weighted by Gasteiger charge is -2.34. The maximum Gasteiger partial charge on any atom is 0.237 e. The van der Waals surface area contributed by atoms with E-state index in [4.69, 9.17) is 4.42 Å². The van der Waals surface area contributed by atoms with Crippen LogP contribution in [0.25, 0.3) is 4.96 Å². The van der Waals surface area contributed by atoms with Gasteiger partial charge < -0.3 is 15.1 Å². The fraction of sp³-hybridized carbons (Fsp3) is 0.421. The van der Waals surface area contributed by atoms with Crippen LogP contribution in [0.4, 0.5) is 0 Å². The highest BCUT2D eigenvalue weighted by atomic mass is 32.1. The molecule has 1 atom stereocenters. The van der Waals surface area contributed by atoms with E-state index in [1.54, 1.807) is 11.3 Å². The Balaban J connectivity index is 1.36. The van der Waals surface area contributed by atoms with E-state index in [0.717, 1.165) is 22.2 Å². The van der Waals surface area contributed by atoms with Crippen LogP contribution in [0.3, 0.4) is 0 Å². The number of imidazole rings is 1. The van der Waals surface area contributed by atoms with Crippen LogP contribution in [0, 0.1) is 13.8 Å². The molecule has 2 N–H and O–H groups in total. The average Bonchev–Trinajstić information content (AvgIpc) is 3.30. The smallest absolute Gasteiger partial charge is 0.237 e. The zero-order chi connectivity index (χ0) is 19.7. The number of amides is 2. The number of aromatic nitrogens is 2. The number of hydrogen-bond acceptors (Lipinski definition) is 6. The molecule has 0 spiro atoms. The fourth-order valence-electron chi connectivity index (χ4n) is 3.43. The maximum atomic E-state index is 12.5. The molecule has 3 aromatic rings. The number of hydrogen-bond donors (Lipinski definition) is 2. The van der Waals surface area contributed by atoms with Gasteiger partial charge in [0, 0.05) is 30.4 Å². The van der Waals surface area contributed by atoms with Gasteiger partial charge in [-0.3, -0.25) is 18.9 Å². The van der Waals surface area contributed by atoms with Gasteiger partial charge in [-0.15, -0.1) is 11.3 Å². The largest absolute Gasteiger partial charge is 0.465 e. The first kappa shape index (κ1) is 18.7. The van der Waals surface area contributed by atoms with Crippen LogP contribution in [0.1, 0.15) is 28.5 Å². The molecule has 1 aliphatic rings. The molecule has 0 aromatic carbocycles. The number of nitrogens with one attached hydrogen (secondary N) is 2. The van der Waals surface area contributed by atoms with E-state index in [9.17, 15) is 9.59 Å². The number of carbonyl (C=O) groups excluding carboxylic acids is 2. The summed E-state index contributed by atoms with van der Waals surface area (Å²) in [6.07, 6.45) is 4.03. The van der Waals surface area contributed by atoms with Gasteiger partial charge in [-0.25, -0.2) is 4.98 Å². The second-order valence-corrected chi connectivity index (χ2v) is 8.25. The van der Waals surface area contributed by atoms with Gasteiger partial charge in [0.2, 0.25) is 11.8 Å². The summed E-state index contributed by atoms with van der Waals surface area (Å²) in [4.78, 5) is 33.4. The predicted octanol–water partition coefficient (Wildman–Crippen LogP) is 1.61. The molecule has 4 heterocycles. The van der Waals surface area contributed by atoms with E-state index < -0.39 is 6.04 Å². The lowest BCUT2D eigenvalue weighted by Crippen LogP contribution is -2.56. The summed E-state index contributed by atoms with van der Waals surface area (Å²) in [5.74, 6) is 1.34. The molecule has 0 aliphatic carbocycles. The molecular formula is C19H23N5O3S. The summed E-state index contributed by atoms with van der Waals surface area (Å²) in [5.41, 5.74) is 0.801. The summed E-state index contributed by atoms with van der Waals surface area (Å²) < 4.78 is 7.59. The molecule has 28 heavy (non-hydrogen) atoms. The van der Waals surface area contributed by atoms with Crippen molar-refractivity contribution in [2.45, 2.75) is 39.4 Å². The molecule has 1 unspecified atom stereocenters. The molecule has 0 saturated carbocycles. The van der Waals surface area contributed by atoms with Crippen LogP contribution in [0.2, 0.25) is 0 Å². The predicted molar refractivity (Wildman–Crippen MR) is 105 cm³/mol. The van der Waals surface area contributed by atoms with Gasteiger partial charge in [-0.1, -0.05) is 0 Å². The Morgan fingerprint density at radius 1 is 1.39 bits per heavy atom. The Kier molecular flexibility index (Phi) is 5.19. The van der Waals surface area contributed by atoms with Crippen molar-refractivity contribution in [1.82, 2.24) is 24.9 Å². The average molecular weight is 401 g/mol. The van der Waals surface area contributed by atoms with Gasteiger partial charge in [0.05, 0.1) is 31.2 Å². The molecule has 1 fully saturated rings. The fourth-order valence-corrected chi connectivity index (χ4v) is 4.25. The van der Waals surface area contributed by atoms with Crippen LogP contribution in [0.15, 0.2) is 28.9 Å². The highest BCUT2D eigenvalue weighted by Crippen LogP contribution is 2.17. The lowest BCUT2D eigenvalue weighted by atomic mass is 10.1. The number of piperazine rings is 1. The molecule has 0 radical (unpaired) electrons. The zero-order valence-electron chi connectivity index (χ0n) is 15.9. The highest BCUT2D eigenvalue weighted by molar-refractivity contribution is 7.16. The molecule has 1 saturated heterocycles. The second kappa shape index (κ2) is 7.76. The van der Waals surface area contributed by atoms with Crippen molar-refractivity contribution in [2.24, 2.45) is 0 Å². The van der Waals surface area contributed by atoms with E-state index >= 15 is 0 Å². The lowest BCUT2D eigenvalue weighted by molar-refractivity contribution is -0.134. The molecule has 8 nitrogen and oxygen atoms in total. The van der Waals surface area contributed by atoms with E-state index in [1.165, 1.54) is 4.88 Å². The third-order valence-corrected chi connectivity index (χ3v) is 5.68. The number of thiazole rings is 1. The molecule has 4 rings (SSSR count). The Morgan fingerprint density at radius 3 is 3.00 bits per heavy atom. The van der Waals surface area contributed by atoms with Crippen molar-refractivity contribution in [3.8, 4) is 0 Å². The maximum absolute atomic E-state index is 12.5. The third kappa shape index (κ3) is 4.10. The van der Waals surface area contributed by atoms with Crippen molar-refractivity contribution in [1.29, 1.82) is 0 Å². The SMILES string of the molecule is Cc1ccc(CN2CCNC(=O)C2CC(=O)NCc2cn3cc(C)sc3n2)o1. The van der Waals surface area contributed by atoms with Gasteiger partial charge in [-0.05, 0) is 26.0 Å². The molecule has 0 bridgehead atoms. The number of fused-ring (bicyclic) bond motifs is 1. The molecule has 9 heteroatoms. The summed E-state index contributed by atoms with van der Waals surface area (Å²) in [7, 11) is 0. The van der Waals surface area contributed by atoms with Gasteiger partial charge in [0.1, 0.15) is 11.5 Å². The Bertz CT molecular complexity index is 973. The van der Waals surface area contributed by atoms with Gasteiger partial charge in [0.15, 0.2) is 4.96 Å². The van der Waals surface area contributed by atoms with Crippen molar-refractivity contribution in [3.63, 3.8) is 0 Å². The van der Waals surface area contributed by atoms with E-state index in [2.05, 4.69) is 15.6 Å². The first-order chi connectivity index (χ1) is 13.5. The number of furan rings is 1. The topological polar surface area (TPSA) is 91.9 Å². The Hall–Kier alpha value is -2.65. The quantitative estimate of drug-likeness (QED) is 0.655. The summed E-state index contributed by atoms with van der Waals surface area (Å²) in [6.45, 7) is 6.03. The minimum atomic E-state index is -0.507. The van der Waals surface area contributed by atoms with Gasteiger partial charge in [-0.2, -0.15) is 0 Å². The van der Waals surface area contributed by atoms with Crippen LogP contribution >= 0.6 is 11.3 Å². The van der Waals surface area contributed by atoms with Gasteiger partial charge >= 0.3 is 0 Å². The second-order valence-electron chi connectivity index (χ2n) is 7.03. The van der Waals surface area contributed by atoms with E-state index in [0.29, 0.717) is 26.2 Å². The monoisotopic (exact) mass is 401 g/mol. The number of rotatable bonds is 6. The standard InChI is InChI=1S/C19H23N5O3S/c1-12-3-4-15(27-12)11-23-6-5-20-18(26)16(23)7-17(25)21-8-14-10-24-9-13(2)28-19(24)22-14/h3-4,9-10,16H,5-8,11H2,1-2H3,(H,20,26)(H,21,25). The normalized spacial score (nSPS) is 17.8. The third-order valence-electron chi connectivity index (χ3n) is 4.76. The molecule has 1 aliphatic heterocycles. The van der Waals surface area contributed by atoms with Crippen LogP contribution < -0.4 is 10.6 Å². The van der Waals surface area contributed by atoms with Crippen molar-refractivity contribution >= 4 is 28.1 Å². The van der Waals surface area contributed by atoms with Crippen LogP contribution in [0.5, 0.6) is 0 Å². The molecule has 148 valence electrons. The van der Waals surface area contributed by atoms with Crippen molar-refractivity contribution in [2.75, 3.05) is 13.1 Å². The number of aryl methyl sites for hydroxylation is 2. The minimum Gasteiger partial charge on any atom is -0.465 e. The summed E-state index contributed by atoms with van der Waals surface area (Å²) >= 11 is 1.61. The van der Waals surface area contributed by atoms with Gasteiger partial charge in [0.25, 0.3) is 0 Å². The zero-order valence-corrected chi connectivity index (χ0v) is 16.7. The summed E-state index contributed by atoms with van der Waals surface area (Å²) in [5, 5.41) is 5.73. The van der Waals surface area contributed by atoms with Crippen LogP contribution in [-0.2, 0) is 22.7 Å². The molecular weight excluding hydrogens is 378 g/mol. The Morgan fingerprint density at radius 2 is 2.25 bits per heavy atom. The van der Waals surface area contributed by atoms with Crippen molar-refractivity contribution < 1.29 is 14.0 Å². The molecule has 2 amide bonds. The first-order valence-corrected chi connectivity index (χ1v) is 10.1. The van der Waals surface area contributed by atoms with E-state index in [1.807, 2.05) is 47.7 Å². The van der Waals surface area contributed by atoms with Crippen LogP contribution in [-0.4, -0.2) is 45.2 Å². The van der Waals surface area contributed by atoms with E-state index in [-0.39, 0.29) is 18.2 Å². The number of nitrogens with zero attached hydrogens (tertiary/aromatic N) is 3. The minimum absolute atomic E-state index is 0.104.